The zero-order valence-electron chi connectivity index (χ0n) is 18.3. The Bertz CT molecular complexity index is 1410. The summed E-state index contributed by atoms with van der Waals surface area (Å²) in [5.41, 5.74) is 1.39. The number of ether oxygens (including phenoxy) is 3. The number of para-hydroxylation sites is 1. The number of hydrogen-bond donors (Lipinski definition) is 0. The van der Waals surface area contributed by atoms with Crippen LogP contribution in [0.2, 0.25) is 0 Å². The smallest absolute Gasteiger partial charge is 0.343 e. The average molecular weight is 443 g/mol. The Kier molecular flexibility index (Phi) is 6.17. The minimum atomic E-state index is -0.526. The van der Waals surface area contributed by atoms with E-state index < -0.39 is 5.97 Å². The van der Waals surface area contributed by atoms with E-state index >= 15 is 0 Å². The van der Waals surface area contributed by atoms with E-state index in [1.165, 1.54) is 18.0 Å². The van der Waals surface area contributed by atoms with E-state index in [1.807, 2.05) is 6.07 Å². The van der Waals surface area contributed by atoms with Gasteiger partial charge in [-0.25, -0.2) is 9.78 Å². The highest BCUT2D eigenvalue weighted by Crippen LogP contribution is 2.28. The molecule has 33 heavy (non-hydrogen) atoms. The van der Waals surface area contributed by atoms with Crippen LogP contribution in [0.25, 0.3) is 10.9 Å². The highest BCUT2D eigenvalue weighted by Gasteiger charge is 2.13. The highest BCUT2D eigenvalue weighted by atomic mass is 16.6. The number of carbonyl (C=O) groups excluding carboxylic acids is 1. The maximum absolute atomic E-state index is 12.8. The molecule has 0 radical (unpaired) electrons. The molecular weight excluding hydrogens is 422 g/mol. The Balaban J connectivity index is 1.58. The second-order valence-corrected chi connectivity index (χ2v) is 7.07. The van der Waals surface area contributed by atoms with Crippen molar-refractivity contribution < 1.29 is 19.0 Å². The summed E-state index contributed by atoms with van der Waals surface area (Å²) < 4.78 is 17.2. The van der Waals surface area contributed by atoms with E-state index in [0.717, 1.165) is 0 Å². The molecule has 4 aromatic rings. The third-order valence-corrected chi connectivity index (χ3v) is 4.95. The van der Waals surface area contributed by atoms with Crippen molar-refractivity contribution in [1.82, 2.24) is 9.66 Å². The van der Waals surface area contributed by atoms with Gasteiger partial charge in [-0.1, -0.05) is 12.1 Å². The molecular formula is C25H21N3O5. The van der Waals surface area contributed by atoms with Gasteiger partial charge in [0.15, 0.2) is 11.5 Å². The average Bonchev–Trinajstić information content (AvgIpc) is 2.84. The SMILES string of the molecule is COc1ccc(C(=O)Oc2ccc(/C=N/n3c(C)nc4ccccc4c3=O)cc2OC)cc1. The van der Waals surface area contributed by atoms with Crippen LogP contribution in [-0.4, -0.2) is 36.1 Å². The third kappa shape index (κ3) is 4.59. The van der Waals surface area contributed by atoms with Gasteiger partial charge in [-0.2, -0.15) is 9.78 Å². The molecule has 0 saturated carbocycles. The largest absolute Gasteiger partial charge is 0.497 e. The summed E-state index contributed by atoms with van der Waals surface area (Å²) >= 11 is 0. The maximum Gasteiger partial charge on any atom is 0.343 e. The summed E-state index contributed by atoms with van der Waals surface area (Å²) in [5.74, 6) is 1.19. The summed E-state index contributed by atoms with van der Waals surface area (Å²) in [7, 11) is 3.03. The van der Waals surface area contributed by atoms with Crippen molar-refractivity contribution in [2.75, 3.05) is 14.2 Å². The maximum atomic E-state index is 12.8. The molecule has 0 aliphatic rings. The van der Waals surface area contributed by atoms with Gasteiger partial charge in [0.05, 0.1) is 36.9 Å². The molecule has 1 aromatic heterocycles. The molecule has 1 heterocycles. The predicted molar refractivity (Wildman–Crippen MR) is 125 cm³/mol. The first-order valence-corrected chi connectivity index (χ1v) is 10.1. The lowest BCUT2D eigenvalue weighted by Crippen LogP contribution is -2.20. The van der Waals surface area contributed by atoms with Crippen LogP contribution in [0, 0.1) is 6.92 Å². The Morgan fingerprint density at radius 3 is 2.45 bits per heavy atom. The molecule has 8 nitrogen and oxygen atoms in total. The Morgan fingerprint density at radius 1 is 0.970 bits per heavy atom. The molecule has 0 N–H and O–H groups in total. The van der Waals surface area contributed by atoms with Gasteiger partial charge in [-0.15, -0.1) is 0 Å². The van der Waals surface area contributed by atoms with E-state index in [1.54, 1.807) is 74.7 Å². The number of esters is 1. The minimum Gasteiger partial charge on any atom is -0.497 e. The van der Waals surface area contributed by atoms with Crippen LogP contribution in [0.4, 0.5) is 0 Å². The molecule has 0 aliphatic carbocycles. The number of aryl methyl sites for hydroxylation is 1. The Labute approximate surface area is 189 Å². The molecule has 0 saturated heterocycles. The highest BCUT2D eigenvalue weighted by molar-refractivity contribution is 5.91. The zero-order chi connectivity index (χ0) is 23.4. The summed E-state index contributed by atoms with van der Waals surface area (Å²) in [6.45, 7) is 1.72. The van der Waals surface area contributed by atoms with Gasteiger partial charge < -0.3 is 14.2 Å². The lowest BCUT2D eigenvalue weighted by atomic mass is 10.2. The van der Waals surface area contributed by atoms with Gasteiger partial charge in [-0.3, -0.25) is 4.79 Å². The van der Waals surface area contributed by atoms with Crippen LogP contribution < -0.4 is 19.8 Å². The molecule has 4 rings (SSSR count). The molecule has 0 spiro atoms. The van der Waals surface area contributed by atoms with Crippen LogP contribution in [0.5, 0.6) is 17.2 Å². The monoisotopic (exact) mass is 443 g/mol. The van der Waals surface area contributed by atoms with E-state index in [4.69, 9.17) is 14.2 Å². The number of methoxy groups -OCH3 is 2. The second-order valence-electron chi connectivity index (χ2n) is 7.07. The molecule has 0 fully saturated rings. The van der Waals surface area contributed by atoms with Crippen LogP contribution in [0.15, 0.2) is 76.6 Å². The fourth-order valence-corrected chi connectivity index (χ4v) is 3.23. The molecule has 3 aromatic carbocycles. The van der Waals surface area contributed by atoms with E-state index in [2.05, 4.69) is 10.1 Å². The normalized spacial score (nSPS) is 11.0. The third-order valence-electron chi connectivity index (χ3n) is 4.95. The van der Waals surface area contributed by atoms with Crippen molar-refractivity contribution in [2.45, 2.75) is 6.92 Å². The molecule has 8 heteroatoms. The van der Waals surface area contributed by atoms with Crippen LogP contribution >= 0.6 is 0 Å². The molecule has 0 atom stereocenters. The summed E-state index contributed by atoms with van der Waals surface area (Å²) in [6, 6.07) is 18.7. The van der Waals surface area contributed by atoms with Crippen molar-refractivity contribution in [1.29, 1.82) is 0 Å². The molecule has 0 unspecified atom stereocenters. The molecule has 0 aliphatic heterocycles. The van der Waals surface area contributed by atoms with Gasteiger partial charge >= 0.3 is 5.97 Å². The van der Waals surface area contributed by atoms with Crippen LogP contribution in [-0.2, 0) is 0 Å². The Hall–Kier alpha value is -4.46. The summed E-state index contributed by atoms with van der Waals surface area (Å²) in [5, 5.41) is 4.78. The minimum absolute atomic E-state index is 0.258. The number of hydrogen-bond acceptors (Lipinski definition) is 7. The van der Waals surface area contributed by atoms with Gasteiger partial charge in [-0.05, 0) is 67.1 Å². The standard InChI is InChI=1S/C25H21N3O5/c1-16-27-21-7-5-4-6-20(21)24(29)28(16)26-15-17-8-13-22(23(14-17)32-3)33-25(30)18-9-11-19(31-2)12-10-18/h4-15H,1-3H3/b26-15+. The van der Waals surface area contributed by atoms with Crippen LogP contribution in [0.3, 0.4) is 0 Å². The number of fused-ring (bicyclic) bond motifs is 1. The van der Waals surface area contributed by atoms with Gasteiger partial charge in [0.25, 0.3) is 5.56 Å². The quantitative estimate of drug-likeness (QED) is 0.256. The molecule has 0 bridgehead atoms. The van der Waals surface area contributed by atoms with Gasteiger partial charge in [0.1, 0.15) is 11.6 Å². The lowest BCUT2D eigenvalue weighted by Gasteiger charge is -2.10. The number of benzene rings is 3. The lowest BCUT2D eigenvalue weighted by molar-refractivity contribution is 0.0729. The number of nitrogens with zero attached hydrogens (tertiary/aromatic N) is 3. The zero-order valence-corrected chi connectivity index (χ0v) is 18.3. The van der Waals surface area contributed by atoms with Crippen LogP contribution in [0.1, 0.15) is 21.7 Å². The van der Waals surface area contributed by atoms with E-state index in [9.17, 15) is 9.59 Å². The van der Waals surface area contributed by atoms with Crippen molar-refractivity contribution >= 4 is 23.1 Å². The fourth-order valence-electron chi connectivity index (χ4n) is 3.23. The second kappa shape index (κ2) is 9.35. The number of carbonyl (C=O) groups is 1. The summed E-state index contributed by atoms with van der Waals surface area (Å²) in [4.78, 5) is 29.7. The summed E-state index contributed by atoms with van der Waals surface area (Å²) in [6.07, 6.45) is 1.52. The van der Waals surface area contributed by atoms with Gasteiger partial charge in [0.2, 0.25) is 0 Å². The van der Waals surface area contributed by atoms with Crippen molar-refractivity contribution in [3.05, 3.63) is 94.0 Å². The predicted octanol–water partition coefficient (Wildman–Crippen LogP) is 3.82. The van der Waals surface area contributed by atoms with E-state index in [0.29, 0.717) is 39.4 Å². The van der Waals surface area contributed by atoms with Crippen molar-refractivity contribution in [3.63, 3.8) is 0 Å². The first-order chi connectivity index (χ1) is 16.0. The number of rotatable bonds is 6. The van der Waals surface area contributed by atoms with E-state index in [-0.39, 0.29) is 11.3 Å². The van der Waals surface area contributed by atoms with Crippen molar-refractivity contribution in [3.8, 4) is 17.2 Å². The topological polar surface area (TPSA) is 92.0 Å². The number of aromatic nitrogens is 2. The van der Waals surface area contributed by atoms with Crippen molar-refractivity contribution in [2.24, 2.45) is 5.10 Å². The molecule has 0 amide bonds. The van der Waals surface area contributed by atoms with Gasteiger partial charge in [0, 0.05) is 0 Å². The first kappa shape index (κ1) is 21.8. The Morgan fingerprint density at radius 2 is 1.73 bits per heavy atom. The fraction of sp³-hybridized carbons (Fsp3) is 0.120. The molecule has 166 valence electrons. The first-order valence-electron chi connectivity index (χ1n) is 10.1.